The fraction of sp³-hybridized carbons (Fsp3) is 0. The summed E-state index contributed by atoms with van der Waals surface area (Å²) in [5.74, 6) is 0. The molecular weight excluding hydrogens is 677 g/mol. The van der Waals surface area contributed by atoms with Crippen molar-refractivity contribution in [3.05, 3.63) is 229 Å². The predicted octanol–water partition coefficient (Wildman–Crippen LogP) is 14.3. The average molecular weight is 711 g/mol. The van der Waals surface area contributed by atoms with Crippen LogP contribution in [0.25, 0.3) is 65.3 Å². The molecule has 0 atom stereocenters. The van der Waals surface area contributed by atoms with Crippen molar-refractivity contribution >= 4 is 65.9 Å². The van der Waals surface area contributed by atoms with Gasteiger partial charge in [-0.2, -0.15) is 0 Å². The monoisotopic (exact) mass is 710 g/mol. The van der Waals surface area contributed by atoms with Gasteiger partial charge in [0.1, 0.15) is 0 Å². The molecule has 260 valence electrons. The van der Waals surface area contributed by atoms with Crippen LogP contribution in [0, 0.1) is 0 Å². The molecule has 0 amide bonds. The van der Waals surface area contributed by atoms with E-state index in [1.54, 1.807) is 0 Å². The first-order valence-corrected chi connectivity index (χ1v) is 19.1. The average Bonchev–Trinajstić information content (AvgIpc) is 3.26. The molecule has 56 heavy (non-hydrogen) atoms. The SMILES string of the molecule is c1ccc2cc3c(cc2c1)N=C(c1ccc(-c2cccc4ccccc24)cc1)c1cc2ccccc2cc1N=C3c1ccc(-c2cccc3ccccc23)cc1. The molecule has 1 aliphatic rings. The maximum atomic E-state index is 5.63. The Bertz CT molecular complexity index is 2990. The molecule has 2 heteroatoms. The van der Waals surface area contributed by atoms with Gasteiger partial charge in [0.15, 0.2) is 0 Å². The van der Waals surface area contributed by atoms with Crippen molar-refractivity contribution in [2.75, 3.05) is 0 Å². The zero-order chi connectivity index (χ0) is 37.0. The smallest absolute Gasteiger partial charge is 0.0803 e. The first-order chi connectivity index (χ1) is 27.7. The molecule has 0 saturated heterocycles. The van der Waals surface area contributed by atoms with Crippen LogP contribution in [0.3, 0.4) is 0 Å². The van der Waals surface area contributed by atoms with E-state index in [-0.39, 0.29) is 0 Å². The Kier molecular flexibility index (Phi) is 7.53. The van der Waals surface area contributed by atoms with Gasteiger partial charge in [-0.25, -0.2) is 9.98 Å². The molecule has 0 unspecified atom stereocenters. The van der Waals surface area contributed by atoms with Gasteiger partial charge in [0.25, 0.3) is 0 Å². The van der Waals surface area contributed by atoms with E-state index in [1.807, 2.05) is 0 Å². The Morgan fingerprint density at radius 1 is 0.232 bits per heavy atom. The Morgan fingerprint density at radius 3 is 0.964 bits per heavy atom. The lowest BCUT2D eigenvalue weighted by atomic mass is 9.91. The minimum atomic E-state index is 0.896. The van der Waals surface area contributed by atoms with Gasteiger partial charge in [-0.15, -0.1) is 0 Å². The number of benzene rings is 10. The molecule has 0 bridgehead atoms. The van der Waals surface area contributed by atoms with Gasteiger partial charge >= 0.3 is 0 Å². The topological polar surface area (TPSA) is 24.7 Å². The van der Waals surface area contributed by atoms with E-state index in [4.69, 9.17) is 9.98 Å². The Hall–Kier alpha value is -7.42. The molecule has 10 aromatic carbocycles. The van der Waals surface area contributed by atoms with Gasteiger partial charge in [0.2, 0.25) is 0 Å². The van der Waals surface area contributed by atoms with Crippen LogP contribution in [-0.4, -0.2) is 11.4 Å². The molecule has 0 spiro atoms. The molecule has 1 heterocycles. The first-order valence-electron chi connectivity index (χ1n) is 19.1. The third-order valence-corrected chi connectivity index (χ3v) is 11.2. The van der Waals surface area contributed by atoms with Crippen LogP contribution >= 0.6 is 0 Å². The summed E-state index contributed by atoms with van der Waals surface area (Å²) in [6, 6.07) is 74.0. The molecule has 0 aromatic heterocycles. The van der Waals surface area contributed by atoms with Crippen LogP contribution in [0.4, 0.5) is 11.4 Å². The number of aliphatic imine (C=N–C) groups is 2. The molecular formula is C54H34N2. The zero-order valence-electron chi connectivity index (χ0n) is 30.5. The predicted molar refractivity (Wildman–Crippen MR) is 237 cm³/mol. The van der Waals surface area contributed by atoms with Crippen LogP contribution in [0.5, 0.6) is 0 Å². The summed E-state index contributed by atoms with van der Waals surface area (Å²) in [6.07, 6.45) is 0. The third kappa shape index (κ3) is 5.51. The lowest BCUT2D eigenvalue weighted by Gasteiger charge is -2.20. The van der Waals surface area contributed by atoms with E-state index in [0.717, 1.165) is 66.6 Å². The fourth-order valence-electron chi connectivity index (χ4n) is 8.39. The summed E-state index contributed by atoms with van der Waals surface area (Å²) < 4.78 is 0. The van der Waals surface area contributed by atoms with E-state index in [0.29, 0.717) is 0 Å². The highest BCUT2D eigenvalue weighted by atomic mass is 14.8. The Morgan fingerprint density at radius 2 is 0.554 bits per heavy atom. The van der Waals surface area contributed by atoms with Gasteiger partial charge in [-0.05, 0) is 89.6 Å². The molecule has 1 aliphatic heterocycles. The maximum Gasteiger partial charge on any atom is 0.0803 e. The second-order valence-corrected chi connectivity index (χ2v) is 14.6. The molecule has 10 aromatic rings. The lowest BCUT2D eigenvalue weighted by Crippen LogP contribution is -2.10. The maximum absolute atomic E-state index is 5.63. The van der Waals surface area contributed by atoms with Crippen molar-refractivity contribution < 1.29 is 0 Å². The van der Waals surface area contributed by atoms with Crippen LogP contribution in [0.2, 0.25) is 0 Å². The van der Waals surface area contributed by atoms with Crippen molar-refractivity contribution in [1.29, 1.82) is 0 Å². The highest BCUT2D eigenvalue weighted by molar-refractivity contribution is 6.24. The normalized spacial score (nSPS) is 12.5. The lowest BCUT2D eigenvalue weighted by molar-refractivity contribution is 1.41. The standard InChI is InChI=1S/C54H34N2/c1-3-15-43-33-51-49(31-41(43)13-1)53(39-27-23-37(24-28-39)47-21-9-17-35-11-5-7-19-45(35)47)56-52-34-44-16-4-2-14-42(44)32-50(52)54(55-51)40-29-25-38(26-30-40)48-22-10-18-36-12-6-8-20-46(36)48/h1-34H. The van der Waals surface area contributed by atoms with E-state index < -0.39 is 0 Å². The van der Waals surface area contributed by atoms with E-state index in [1.165, 1.54) is 43.8 Å². The van der Waals surface area contributed by atoms with Crippen LogP contribution in [-0.2, 0) is 0 Å². The van der Waals surface area contributed by atoms with Gasteiger partial charge in [0, 0.05) is 22.3 Å². The summed E-state index contributed by atoms with van der Waals surface area (Å²) in [4.78, 5) is 11.3. The summed E-state index contributed by atoms with van der Waals surface area (Å²) in [6.45, 7) is 0. The number of fused-ring (bicyclic) bond motifs is 6. The van der Waals surface area contributed by atoms with Crippen molar-refractivity contribution in [1.82, 2.24) is 0 Å². The highest BCUT2D eigenvalue weighted by Gasteiger charge is 2.22. The summed E-state index contributed by atoms with van der Waals surface area (Å²) in [5.41, 5.74) is 12.5. The van der Waals surface area contributed by atoms with Crippen molar-refractivity contribution in [2.24, 2.45) is 9.98 Å². The van der Waals surface area contributed by atoms with E-state index >= 15 is 0 Å². The Labute approximate surface area is 325 Å². The quantitative estimate of drug-likeness (QED) is 0.174. The van der Waals surface area contributed by atoms with E-state index in [2.05, 4.69) is 206 Å². The molecule has 0 aliphatic carbocycles. The number of nitrogens with zero attached hydrogens (tertiary/aromatic N) is 2. The molecule has 0 fully saturated rings. The molecule has 11 rings (SSSR count). The van der Waals surface area contributed by atoms with Crippen LogP contribution in [0.15, 0.2) is 216 Å². The Balaban J connectivity index is 1.11. The van der Waals surface area contributed by atoms with Gasteiger partial charge in [-0.1, -0.05) is 182 Å². The van der Waals surface area contributed by atoms with Gasteiger partial charge in [0.05, 0.1) is 22.8 Å². The second-order valence-electron chi connectivity index (χ2n) is 14.6. The van der Waals surface area contributed by atoms with Crippen molar-refractivity contribution in [3.63, 3.8) is 0 Å². The van der Waals surface area contributed by atoms with Crippen LogP contribution < -0.4 is 0 Å². The van der Waals surface area contributed by atoms with Gasteiger partial charge in [-0.3, -0.25) is 0 Å². The summed E-state index contributed by atoms with van der Waals surface area (Å²) >= 11 is 0. The first kappa shape index (κ1) is 32.0. The summed E-state index contributed by atoms with van der Waals surface area (Å²) in [5, 5.41) is 9.56. The number of rotatable bonds is 4. The van der Waals surface area contributed by atoms with Crippen molar-refractivity contribution in [2.45, 2.75) is 0 Å². The molecule has 2 nitrogen and oxygen atoms in total. The highest BCUT2D eigenvalue weighted by Crippen LogP contribution is 2.39. The number of hydrogen-bond acceptors (Lipinski definition) is 2. The zero-order valence-corrected chi connectivity index (χ0v) is 30.5. The summed E-state index contributed by atoms with van der Waals surface area (Å²) in [7, 11) is 0. The minimum Gasteiger partial charge on any atom is -0.247 e. The minimum absolute atomic E-state index is 0.896. The molecule has 0 radical (unpaired) electrons. The van der Waals surface area contributed by atoms with Gasteiger partial charge < -0.3 is 0 Å². The van der Waals surface area contributed by atoms with Crippen molar-refractivity contribution in [3.8, 4) is 22.3 Å². The molecule has 0 saturated carbocycles. The fourth-order valence-corrected chi connectivity index (χ4v) is 8.39. The van der Waals surface area contributed by atoms with E-state index in [9.17, 15) is 0 Å². The second kappa shape index (κ2) is 13.2. The molecule has 0 N–H and O–H groups in total. The van der Waals surface area contributed by atoms with Crippen LogP contribution in [0.1, 0.15) is 22.3 Å². The largest absolute Gasteiger partial charge is 0.247 e. The third-order valence-electron chi connectivity index (χ3n) is 11.2. The number of hydrogen-bond donors (Lipinski definition) is 0.